The molecule has 0 aromatic carbocycles. The average molecular weight is 290 g/mol. The van der Waals surface area contributed by atoms with Crippen molar-refractivity contribution >= 4 is 11.8 Å². The van der Waals surface area contributed by atoms with E-state index in [9.17, 15) is 9.59 Å². The van der Waals surface area contributed by atoms with Crippen LogP contribution in [0.5, 0.6) is 0 Å². The summed E-state index contributed by atoms with van der Waals surface area (Å²) in [5.74, 6) is -0.580. The van der Waals surface area contributed by atoms with Crippen molar-refractivity contribution in [3.8, 4) is 0 Å². The molecule has 3 nitrogen and oxygen atoms in total. The smallest absolute Gasteiger partial charge is 0.328 e. The zero-order valence-electron chi connectivity index (χ0n) is 13.5. The molecule has 116 valence electrons. The summed E-state index contributed by atoms with van der Waals surface area (Å²) in [5, 5.41) is 8.49. The highest BCUT2D eigenvalue weighted by Gasteiger charge is 2.19. The highest BCUT2D eigenvalue weighted by atomic mass is 16.4. The van der Waals surface area contributed by atoms with Crippen molar-refractivity contribution in [1.29, 1.82) is 0 Å². The summed E-state index contributed by atoms with van der Waals surface area (Å²) >= 11 is 0. The largest absolute Gasteiger partial charge is 0.478 e. The molecule has 0 unspecified atom stereocenters. The van der Waals surface area contributed by atoms with Gasteiger partial charge in [0.25, 0.3) is 0 Å². The summed E-state index contributed by atoms with van der Waals surface area (Å²) in [7, 11) is 0. The Bertz CT molecular complexity index is 491. The molecule has 2 rings (SSSR count). The van der Waals surface area contributed by atoms with Crippen LogP contribution in [0.25, 0.3) is 0 Å². The Balaban J connectivity index is 0.000000219. The average Bonchev–Trinajstić information content (AvgIpc) is 2.36. The number of carbonyl (C=O) groups is 2. The van der Waals surface area contributed by atoms with E-state index in [4.69, 9.17) is 5.11 Å². The molecule has 2 aliphatic rings. The number of carboxylic acids is 1. The van der Waals surface area contributed by atoms with Gasteiger partial charge in [0.1, 0.15) is 0 Å². The Morgan fingerprint density at radius 1 is 1.05 bits per heavy atom. The van der Waals surface area contributed by atoms with Crippen LogP contribution in [0.1, 0.15) is 53.4 Å². The van der Waals surface area contributed by atoms with Crippen LogP contribution in [0.2, 0.25) is 0 Å². The monoisotopic (exact) mass is 290 g/mol. The van der Waals surface area contributed by atoms with E-state index in [1.807, 2.05) is 12.2 Å². The van der Waals surface area contributed by atoms with Gasteiger partial charge in [-0.1, -0.05) is 45.9 Å². The van der Waals surface area contributed by atoms with Crippen molar-refractivity contribution in [3.05, 3.63) is 36.0 Å². The molecule has 1 N–H and O–H groups in total. The van der Waals surface area contributed by atoms with Gasteiger partial charge in [0.15, 0.2) is 5.78 Å². The molecular weight excluding hydrogens is 264 g/mol. The first-order valence-corrected chi connectivity index (χ1v) is 7.44. The van der Waals surface area contributed by atoms with Crippen molar-refractivity contribution in [2.24, 2.45) is 10.8 Å². The molecular formula is C18H26O3. The zero-order chi connectivity index (χ0) is 16.1. The van der Waals surface area contributed by atoms with Crippen LogP contribution in [0, 0.1) is 10.8 Å². The minimum absolute atomic E-state index is 0.232. The van der Waals surface area contributed by atoms with E-state index in [1.165, 1.54) is 6.08 Å². The van der Waals surface area contributed by atoms with E-state index < -0.39 is 5.97 Å². The molecule has 21 heavy (non-hydrogen) atoms. The van der Waals surface area contributed by atoms with E-state index in [-0.39, 0.29) is 16.6 Å². The predicted molar refractivity (Wildman–Crippen MR) is 85.0 cm³/mol. The summed E-state index contributed by atoms with van der Waals surface area (Å²) in [6.07, 6.45) is 12.6. The molecule has 0 spiro atoms. The zero-order valence-corrected chi connectivity index (χ0v) is 13.5. The maximum Gasteiger partial charge on any atom is 0.328 e. The molecule has 0 bridgehead atoms. The van der Waals surface area contributed by atoms with Crippen molar-refractivity contribution < 1.29 is 14.7 Å². The van der Waals surface area contributed by atoms with Gasteiger partial charge < -0.3 is 5.11 Å². The van der Waals surface area contributed by atoms with Crippen molar-refractivity contribution in [2.45, 2.75) is 53.4 Å². The number of allylic oxidation sites excluding steroid dienone is 5. The van der Waals surface area contributed by atoms with Gasteiger partial charge in [0.05, 0.1) is 0 Å². The van der Waals surface area contributed by atoms with Gasteiger partial charge in [0, 0.05) is 12.5 Å². The third-order valence-corrected chi connectivity index (χ3v) is 3.85. The number of hydrogen-bond acceptors (Lipinski definition) is 2. The molecule has 3 heteroatoms. The first-order valence-electron chi connectivity index (χ1n) is 7.44. The highest BCUT2D eigenvalue weighted by molar-refractivity contribution is 5.90. The Labute approximate surface area is 127 Å². The SMILES string of the molecule is CC1(C)C=C/C(=C/C(=O)O)CC1.CC1(C)C=CC(=O)CC1. The first-order chi connectivity index (χ1) is 9.60. The molecule has 2 aliphatic carbocycles. The molecule has 0 saturated heterocycles. The van der Waals surface area contributed by atoms with E-state index in [0.717, 1.165) is 31.3 Å². The van der Waals surface area contributed by atoms with Gasteiger partial charge in [-0.3, -0.25) is 4.79 Å². The number of rotatable bonds is 1. The Morgan fingerprint density at radius 2 is 1.57 bits per heavy atom. The van der Waals surface area contributed by atoms with Gasteiger partial charge in [0.2, 0.25) is 0 Å². The third kappa shape index (κ3) is 7.07. The second-order valence-corrected chi connectivity index (χ2v) is 7.17. The van der Waals surface area contributed by atoms with Crippen LogP contribution in [0.15, 0.2) is 36.0 Å². The topological polar surface area (TPSA) is 54.4 Å². The number of ketones is 1. The molecule has 0 aromatic rings. The van der Waals surface area contributed by atoms with Crippen LogP contribution < -0.4 is 0 Å². The van der Waals surface area contributed by atoms with E-state index in [0.29, 0.717) is 0 Å². The van der Waals surface area contributed by atoms with Gasteiger partial charge in [-0.2, -0.15) is 0 Å². The first kappa shape index (κ1) is 17.4. The molecule has 0 aromatic heterocycles. The van der Waals surface area contributed by atoms with Crippen molar-refractivity contribution in [1.82, 2.24) is 0 Å². The van der Waals surface area contributed by atoms with Crippen LogP contribution in [-0.2, 0) is 9.59 Å². The van der Waals surface area contributed by atoms with Crippen molar-refractivity contribution in [2.75, 3.05) is 0 Å². The summed E-state index contributed by atoms with van der Waals surface area (Å²) in [6.45, 7) is 8.61. The summed E-state index contributed by atoms with van der Waals surface area (Å²) in [6, 6.07) is 0. The van der Waals surface area contributed by atoms with E-state index >= 15 is 0 Å². The van der Waals surface area contributed by atoms with E-state index in [1.54, 1.807) is 6.08 Å². The minimum Gasteiger partial charge on any atom is -0.478 e. The standard InChI is InChI=1S/C10H14O2.C8H12O/c1-10(2)5-3-8(4-6-10)7-9(11)12;1-8(2)5-3-7(9)4-6-8/h3,5,7H,4,6H2,1-2H3,(H,11,12);3,5H,4,6H2,1-2H3/b8-7-;. The lowest BCUT2D eigenvalue weighted by Gasteiger charge is -2.24. The van der Waals surface area contributed by atoms with Gasteiger partial charge in [-0.15, -0.1) is 0 Å². The fourth-order valence-electron chi connectivity index (χ4n) is 2.18. The Hall–Kier alpha value is -1.64. The molecule has 0 fully saturated rings. The molecule has 0 atom stereocenters. The van der Waals surface area contributed by atoms with Crippen LogP contribution >= 0.6 is 0 Å². The fourth-order valence-corrected chi connectivity index (χ4v) is 2.18. The number of carboxylic acid groups (broad SMARTS) is 1. The van der Waals surface area contributed by atoms with Crippen LogP contribution in [-0.4, -0.2) is 16.9 Å². The minimum atomic E-state index is -0.852. The summed E-state index contributed by atoms with van der Waals surface area (Å²) in [5.41, 5.74) is 1.41. The van der Waals surface area contributed by atoms with E-state index in [2.05, 4.69) is 33.8 Å². The maximum atomic E-state index is 10.7. The second-order valence-electron chi connectivity index (χ2n) is 7.17. The van der Waals surface area contributed by atoms with Gasteiger partial charge in [-0.25, -0.2) is 4.79 Å². The van der Waals surface area contributed by atoms with Gasteiger partial charge in [-0.05, 0) is 41.7 Å². The van der Waals surface area contributed by atoms with Gasteiger partial charge >= 0.3 is 5.97 Å². The highest BCUT2D eigenvalue weighted by Crippen LogP contribution is 2.31. The molecule has 0 aliphatic heterocycles. The molecule has 0 radical (unpaired) electrons. The quantitative estimate of drug-likeness (QED) is 0.732. The Morgan fingerprint density at radius 3 is 1.90 bits per heavy atom. The van der Waals surface area contributed by atoms with Crippen molar-refractivity contribution in [3.63, 3.8) is 0 Å². The summed E-state index contributed by atoms with van der Waals surface area (Å²) in [4.78, 5) is 21.0. The molecule has 0 amide bonds. The molecule has 0 heterocycles. The lowest BCUT2D eigenvalue weighted by molar-refractivity contribution is -0.131. The van der Waals surface area contributed by atoms with Crippen LogP contribution in [0.4, 0.5) is 0 Å². The summed E-state index contributed by atoms with van der Waals surface area (Å²) < 4.78 is 0. The third-order valence-electron chi connectivity index (χ3n) is 3.85. The Kier molecular flexibility index (Phi) is 5.70. The van der Waals surface area contributed by atoms with Crippen LogP contribution in [0.3, 0.4) is 0 Å². The second kappa shape index (κ2) is 6.88. The number of carbonyl (C=O) groups excluding carboxylic acids is 1. The fraction of sp³-hybridized carbons (Fsp3) is 0.556. The number of hydrogen-bond donors (Lipinski definition) is 1. The number of aliphatic carboxylic acids is 1. The lowest BCUT2D eigenvalue weighted by Crippen LogP contribution is -2.14. The lowest BCUT2D eigenvalue weighted by atomic mass is 9.81. The normalized spacial score (nSPS) is 24.4. The molecule has 0 saturated carbocycles. The maximum absolute atomic E-state index is 10.7. The predicted octanol–water partition coefficient (Wildman–Crippen LogP) is 4.31.